The Morgan fingerprint density at radius 2 is 2.44 bits per heavy atom. The number of anilines is 1. The number of hydrogen-bond donors (Lipinski definition) is 1. The molecular weight excluding hydrogens is 224 g/mol. The van der Waals surface area contributed by atoms with Crippen LogP contribution in [0.5, 0.6) is 0 Å². The van der Waals surface area contributed by atoms with Crippen LogP contribution in [0, 0.1) is 11.3 Å². The summed E-state index contributed by atoms with van der Waals surface area (Å²) in [5, 5.41) is 12.3. The number of nitriles is 1. The molecular formula is C11H15ClN4. The fraction of sp³-hybridized carbons (Fsp3) is 0.455. The highest BCUT2D eigenvalue weighted by molar-refractivity contribution is 5.85. The summed E-state index contributed by atoms with van der Waals surface area (Å²) in [6.45, 7) is 2.02. The Kier molecular flexibility index (Phi) is 4.53. The molecule has 1 N–H and O–H groups in total. The lowest BCUT2D eigenvalue weighted by molar-refractivity contribution is 0.677. The number of likely N-dealkylation sites (N-methyl/N-ethyl adjacent to an activating group) is 1. The van der Waals surface area contributed by atoms with E-state index in [2.05, 4.69) is 21.3 Å². The predicted molar refractivity (Wildman–Crippen MR) is 65.9 cm³/mol. The standard InChI is InChI=1S/C11H14N4.ClH/c1-15(10-4-6-13-8-10)11-9(7-12)3-2-5-14-11;/h2-3,5,10,13H,4,6,8H2,1H3;1H/t10-;/m1./s1. The highest BCUT2D eigenvalue weighted by Gasteiger charge is 2.21. The number of nitrogens with one attached hydrogen (secondary N) is 1. The Morgan fingerprint density at radius 3 is 3.06 bits per heavy atom. The number of pyridine rings is 1. The highest BCUT2D eigenvalue weighted by atomic mass is 35.5. The smallest absolute Gasteiger partial charge is 0.146 e. The van der Waals surface area contributed by atoms with Crippen molar-refractivity contribution < 1.29 is 0 Å². The molecule has 0 aromatic carbocycles. The van der Waals surface area contributed by atoms with Crippen molar-refractivity contribution in [2.75, 3.05) is 25.0 Å². The van der Waals surface area contributed by atoms with Crippen LogP contribution >= 0.6 is 12.4 Å². The van der Waals surface area contributed by atoms with E-state index < -0.39 is 0 Å². The minimum absolute atomic E-state index is 0. The Hall–Kier alpha value is -1.31. The Labute approximate surface area is 102 Å². The number of nitrogens with zero attached hydrogens (tertiary/aromatic N) is 3. The normalized spacial score (nSPS) is 18.6. The second-order valence-electron chi connectivity index (χ2n) is 3.74. The maximum absolute atomic E-state index is 8.98. The quantitative estimate of drug-likeness (QED) is 0.841. The minimum Gasteiger partial charge on any atom is -0.354 e. The van der Waals surface area contributed by atoms with Gasteiger partial charge in [0.15, 0.2) is 0 Å². The number of halogens is 1. The van der Waals surface area contributed by atoms with E-state index in [4.69, 9.17) is 5.26 Å². The third-order valence-corrected chi connectivity index (χ3v) is 2.82. The first-order valence-electron chi connectivity index (χ1n) is 5.11. The second kappa shape index (κ2) is 5.69. The van der Waals surface area contributed by atoms with Crippen LogP contribution in [0.25, 0.3) is 0 Å². The Morgan fingerprint density at radius 1 is 1.62 bits per heavy atom. The summed E-state index contributed by atoms with van der Waals surface area (Å²) in [4.78, 5) is 6.37. The number of rotatable bonds is 2. The molecule has 0 saturated carbocycles. The van der Waals surface area contributed by atoms with Gasteiger partial charge in [-0.05, 0) is 25.1 Å². The van der Waals surface area contributed by atoms with Crippen molar-refractivity contribution in [2.24, 2.45) is 0 Å². The van der Waals surface area contributed by atoms with Crippen LogP contribution in [0.15, 0.2) is 18.3 Å². The van der Waals surface area contributed by atoms with Crippen molar-refractivity contribution in [3.05, 3.63) is 23.9 Å². The summed E-state index contributed by atoms with van der Waals surface area (Å²) in [7, 11) is 2.00. The lowest BCUT2D eigenvalue weighted by atomic mass is 10.2. The monoisotopic (exact) mass is 238 g/mol. The molecule has 1 atom stereocenters. The van der Waals surface area contributed by atoms with E-state index in [0.29, 0.717) is 11.6 Å². The van der Waals surface area contributed by atoms with Gasteiger partial charge in [0.1, 0.15) is 11.9 Å². The van der Waals surface area contributed by atoms with Gasteiger partial charge in [0.25, 0.3) is 0 Å². The molecule has 0 bridgehead atoms. The molecule has 5 heteroatoms. The van der Waals surface area contributed by atoms with Crippen molar-refractivity contribution in [1.82, 2.24) is 10.3 Å². The maximum atomic E-state index is 8.98. The molecule has 2 rings (SSSR count). The zero-order valence-electron chi connectivity index (χ0n) is 9.18. The molecule has 1 fully saturated rings. The average molecular weight is 239 g/mol. The molecule has 86 valence electrons. The molecule has 1 saturated heterocycles. The van der Waals surface area contributed by atoms with Crippen LogP contribution in [0.1, 0.15) is 12.0 Å². The van der Waals surface area contributed by atoms with E-state index in [1.54, 1.807) is 18.3 Å². The Balaban J connectivity index is 0.00000128. The van der Waals surface area contributed by atoms with Crippen LogP contribution in [0.3, 0.4) is 0 Å². The fourth-order valence-corrected chi connectivity index (χ4v) is 1.91. The largest absolute Gasteiger partial charge is 0.354 e. The van der Waals surface area contributed by atoms with Gasteiger partial charge in [-0.3, -0.25) is 0 Å². The first kappa shape index (κ1) is 12.8. The summed E-state index contributed by atoms with van der Waals surface area (Å²) in [5.41, 5.74) is 0.645. The Bertz CT molecular complexity index is 382. The van der Waals surface area contributed by atoms with Crippen molar-refractivity contribution in [1.29, 1.82) is 5.26 Å². The average Bonchev–Trinajstić information content (AvgIpc) is 2.81. The molecule has 16 heavy (non-hydrogen) atoms. The molecule has 1 aliphatic heterocycles. The first-order valence-corrected chi connectivity index (χ1v) is 5.11. The van der Waals surface area contributed by atoms with Crippen LogP contribution in [0.4, 0.5) is 5.82 Å². The fourth-order valence-electron chi connectivity index (χ4n) is 1.91. The topological polar surface area (TPSA) is 52.0 Å². The summed E-state index contributed by atoms with van der Waals surface area (Å²) in [5.74, 6) is 0.786. The number of hydrogen-bond acceptors (Lipinski definition) is 4. The van der Waals surface area contributed by atoms with Crippen LogP contribution in [-0.2, 0) is 0 Å². The highest BCUT2D eigenvalue weighted by Crippen LogP contribution is 2.19. The van der Waals surface area contributed by atoms with E-state index in [1.807, 2.05) is 7.05 Å². The zero-order chi connectivity index (χ0) is 10.7. The first-order chi connectivity index (χ1) is 7.33. The van der Waals surface area contributed by atoms with Crippen molar-refractivity contribution in [3.63, 3.8) is 0 Å². The van der Waals surface area contributed by atoms with Gasteiger partial charge in [0.05, 0.1) is 5.56 Å². The predicted octanol–water partition coefficient (Wildman–Crippen LogP) is 1.17. The van der Waals surface area contributed by atoms with Crippen LogP contribution in [0.2, 0.25) is 0 Å². The molecule has 2 heterocycles. The van der Waals surface area contributed by atoms with Gasteiger partial charge in [-0.15, -0.1) is 12.4 Å². The minimum atomic E-state index is 0. The van der Waals surface area contributed by atoms with Gasteiger partial charge < -0.3 is 10.2 Å². The maximum Gasteiger partial charge on any atom is 0.146 e. The SMILES string of the molecule is CN(c1ncccc1C#N)[C@@H]1CCNC1.Cl. The van der Waals surface area contributed by atoms with E-state index in [1.165, 1.54) is 0 Å². The molecule has 0 amide bonds. The van der Waals surface area contributed by atoms with E-state index >= 15 is 0 Å². The molecule has 0 unspecified atom stereocenters. The number of aromatic nitrogens is 1. The van der Waals surface area contributed by atoms with Gasteiger partial charge in [0, 0.05) is 25.8 Å². The second-order valence-corrected chi connectivity index (χ2v) is 3.74. The van der Waals surface area contributed by atoms with Gasteiger partial charge in [0.2, 0.25) is 0 Å². The van der Waals surface area contributed by atoms with E-state index in [-0.39, 0.29) is 12.4 Å². The van der Waals surface area contributed by atoms with Gasteiger partial charge in [-0.25, -0.2) is 4.98 Å². The molecule has 0 aliphatic carbocycles. The van der Waals surface area contributed by atoms with E-state index in [0.717, 1.165) is 25.3 Å². The van der Waals surface area contributed by atoms with E-state index in [9.17, 15) is 0 Å². The summed E-state index contributed by atoms with van der Waals surface area (Å²) in [6, 6.07) is 6.23. The molecule has 1 aromatic heterocycles. The van der Waals surface area contributed by atoms with Gasteiger partial charge in [-0.1, -0.05) is 0 Å². The van der Waals surface area contributed by atoms with Crippen molar-refractivity contribution in [2.45, 2.75) is 12.5 Å². The van der Waals surface area contributed by atoms with Crippen molar-refractivity contribution >= 4 is 18.2 Å². The van der Waals surface area contributed by atoms with Crippen LogP contribution < -0.4 is 10.2 Å². The lowest BCUT2D eigenvalue weighted by Gasteiger charge is -2.25. The molecule has 0 spiro atoms. The van der Waals surface area contributed by atoms with Crippen molar-refractivity contribution in [3.8, 4) is 6.07 Å². The van der Waals surface area contributed by atoms with Gasteiger partial charge in [-0.2, -0.15) is 5.26 Å². The molecule has 1 aromatic rings. The molecule has 0 radical (unpaired) electrons. The lowest BCUT2D eigenvalue weighted by Crippen LogP contribution is -2.34. The summed E-state index contributed by atoms with van der Waals surface area (Å²) < 4.78 is 0. The molecule has 1 aliphatic rings. The van der Waals surface area contributed by atoms with Gasteiger partial charge >= 0.3 is 0 Å². The summed E-state index contributed by atoms with van der Waals surface area (Å²) in [6.07, 6.45) is 2.84. The third-order valence-electron chi connectivity index (χ3n) is 2.82. The molecule has 4 nitrogen and oxygen atoms in total. The van der Waals surface area contributed by atoms with Crippen LogP contribution in [-0.4, -0.2) is 31.2 Å². The summed E-state index contributed by atoms with van der Waals surface area (Å²) >= 11 is 0. The zero-order valence-corrected chi connectivity index (χ0v) is 10.00. The third kappa shape index (κ3) is 2.43.